The molecule has 168 valence electrons. The molecular weight excluding hydrogens is 418 g/mol. The van der Waals surface area contributed by atoms with Gasteiger partial charge in [-0.05, 0) is 12.5 Å². The summed E-state index contributed by atoms with van der Waals surface area (Å²) in [6.45, 7) is 2.31. The third-order valence-electron chi connectivity index (χ3n) is 5.37. The molecule has 1 aromatic carbocycles. The normalized spacial score (nSPS) is 22.2. The molecule has 1 aliphatic rings. The molecule has 0 aliphatic carbocycles. The molecule has 1 aliphatic heterocycles. The first-order chi connectivity index (χ1) is 15.3. The number of benzene rings is 1. The van der Waals surface area contributed by atoms with Crippen LogP contribution < -0.4 is 0 Å². The van der Waals surface area contributed by atoms with Crippen LogP contribution in [0.15, 0.2) is 30.6 Å². The number of imidazole rings is 1. The zero-order valence-corrected chi connectivity index (χ0v) is 17.9. The van der Waals surface area contributed by atoms with Crippen molar-refractivity contribution in [1.82, 2.24) is 9.55 Å². The van der Waals surface area contributed by atoms with Gasteiger partial charge < -0.3 is 23.9 Å². The number of hydrogen-bond acceptors (Lipinski definition) is 9. The zero-order valence-electron chi connectivity index (χ0n) is 17.9. The summed E-state index contributed by atoms with van der Waals surface area (Å²) in [7, 11) is 1.18. The first-order valence-corrected chi connectivity index (χ1v) is 9.85. The van der Waals surface area contributed by atoms with Crippen LogP contribution in [0.25, 0.3) is 0 Å². The molecule has 3 atom stereocenters. The van der Waals surface area contributed by atoms with E-state index in [0.29, 0.717) is 11.1 Å². The third kappa shape index (κ3) is 4.12. The second-order valence-electron chi connectivity index (χ2n) is 7.43. The lowest BCUT2D eigenvalue weighted by molar-refractivity contribution is -0.153. The summed E-state index contributed by atoms with van der Waals surface area (Å²) in [6.07, 6.45) is -1.17. The first-order valence-electron chi connectivity index (χ1n) is 9.85. The molecular formula is C22H23N3O7. The smallest absolute Gasteiger partial charge is 0.358 e. The van der Waals surface area contributed by atoms with E-state index in [1.54, 1.807) is 31.2 Å². The largest absolute Gasteiger partial charge is 0.464 e. The molecule has 1 aromatic heterocycles. The Morgan fingerprint density at radius 2 is 2.09 bits per heavy atom. The summed E-state index contributed by atoms with van der Waals surface area (Å²) in [5, 5.41) is 19.5. The number of rotatable bonds is 7. The van der Waals surface area contributed by atoms with E-state index in [9.17, 15) is 24.8 Å². The van der Waals surface area contributed by atoms with Gasteiger partial charge in [-0.3, -0.25) is 9.59 Å². The maximum Gasteiger partial charge on any atom is 0.358 e. The first kappa shape index (κ1) is 23.1. The molecule has 0 bridgehead atoms. The number of nitrogens with zero attached hydrogens (tertiary/aromatic N) is 3. The lowest BCUT2D eigenvalue weighted by atomic mass is 9.88. The molecule has 3 rings (SSSR count). The number of aryl methyl sites for hydroxylation is 1. The van der Waals surface area contributed by atoms with E-state index in [0.717, 1.165) is 0 Å². The van der Waals surface area contributed by atoms with E-state index in [-0.39, 0.29) is 24.2 Å². The highest BCUT2D eigenvalue weighted by molar-refractivity contribution is 6.04. The van der Waals surface area contributed by atoms with Gasteiger partial charge in [0.2, 0.25) is 0 Å². The van der Waals surface area contributed by atoms with Crippen LogP contribution >= 0.6 is 0 Å². The SMILES string of the molecule is COC(=O)c1ncn([C@@H]2O[C@@](CO)(C(=O)c3ccccc3C)C[C@H]2OC(C)=O)c1CC#N. The van der Waals surface area contributed by atoms with E-state index in [1.165, 1.54) is 24.9 Å². The van der Waals surface area contributed by atoms with Gasteiger partial charge in [-0.25, -0.2) is 9.78 Å². The van der Waals surface area contributed by atoms with E-state index < -0.39 is 42.3 Å². The van der Waals surface area contributed by atoms with Gasteiger partial charge in [0, 0.05) is 18.9 Å². The van der Waals surface area contributed by atoms with Crippen molar-refractivity contribution in [3.8, 4) is 6.07 Å². The van der Waals surface area contributed by atoms with Gasteiger partial charge in [-0.1, -0.05) is 24.3 Å². The molecule has 0 spiro atoms. The average molecular weight is 441 g/mol. The summed E-state index contributed by atoms with van der Waals surface area (Å²) in [5.41, 5.74) is -0.551. The summed E-state index contributed by atoms with van der Waals surface area (Å²) in [6, 6.07) is 8.82. The van der Waals surface area contributed by atoms with Crippen molar-refractivity contribution in [2.45, 2.75) is 44.6 Å². The maximum atomic E-state index is 13.4. The molecule has 1 saturated heterocycles. The number of ketones is 1. The molecule has 2 heterocycles. The topological polar surface area (TPSA) is 141 Å². The van der Waals surface area contributed by atoms with E-state index in [4.69, 9.17) is 14.2 Å². The van der Waals surface area contributed by atoms with Gasteiger partial charge in [-0.2, -0.15) is 5.26 Å². The Balaban J connectivity index is 2.08. The molecule has 10 nitrogen and oxygen atoms in total. The Labute approximate surface area is 184 Å². The highest BCUT2D eigenvalue weighted by Gasteiger charge is 2.54. The number of ether oxygens (including phenoxy) is 3. The van der Waals surface area contributed by atoms with Gasteiger partial charge in [0.25, 0.3) is 0 Å². The number of aliphatic hydroxyl groups is 1. The second-order valence-corrected chi connectivity index (χ2v) is 7.43. The van der Waals surface area contributed by atoms with Crippen molar-refractivity contribution < 1.29 is 33.7 Å². The number of Topliss-reactive ketones (excluding diaryl/α,β-unsaturated/α-hetero) is 1. The predicted molar refractivity (Wildman–Crippen MR) is 109 cm³/mol. The number of nitriles is 1. The maximum absolute atomic E-state index is 13.4. The minimum Gasteiger partial charge on any atom is -0.464 e. The fourth-order valence-corrected chi connectivity index (χ4v) is 3.85. The fraction of sp³-hybridized carbons (Fsp3) is 0.409. The molecule has 0 unspecified atom stereocenters. The van der Waals surface area contributed by atoms with Gasteiger partial charge in [0.05, 0.1) is 38.2 Å². The standard InChI is InChI=1S/C22H23N3O7/c1-13-6-4-5-7-15(13)19(28)22(11-26)10-17(31-14(2)27)20(32-22)25-12-24-18(21(29)30-3)16(25)8-9-23/h4-7,12,17,20,26H,8,10-11H2,1-3H3/t17-,20-,22+/m1/s1. The monoisotopic (exact) mass is 441 g/mol. The van der Waals surface area contributed by atoms with Gasteiger partial charge in [-0.15, -0.1) is 0 Å². The number of aromatic nitrogens is 2. The van der Waals surface area contributed by atoms with Gasteiger partial charge in [0.15, 0.2) is 29.4 Å². The number of hydrogen-bond donors (Lipinski definition) is 1. The molecule has 0 saturated carbocycles. The van der Waals surface area contributed by atoms with Crippen molar-refractivity contribution in [1.29, 1.82) is 5.26 Å². The van der Waals surface area contributed by atoms with Gasteiger partial charge >= 0.3 is 11.9 Å². The van der Waals surface area contributed by atoms with Crippen LogP contribution in [-0.4, -0.2) is 57.8 Å². The molecule has 0 radical (unpaired) electrons. The third-order valence-corrected chi connectivity index (χ3v) is 5.37. The van der Waals surface area contributed by atoms with Crippen molar-refractivity contribution in [3.05, 3.63) is 53.1 Å². The van der Waals surface area contributed by atoms with Crippen molar-refractivity contribution in [3.63, 3.8) is 0 Å². The van der Waals surface area contributed by atoms with E-state index in [2.05, 4.69) is 4.98 Å². The summed E-state index contributed by atoms with van der Waals surface area (Å²) in [4.78, 5) is 41.3. The Morgan fingerprint density at radius 1 is 1.38 bits per heavy atom. The lowest BCUT2D eigenvalue weighted by Gasteiger charge is -2.26. The number of esters is 2. The Kier molecular flexibility index (Phi) is 6.72. The number of aliphatic hydroxyl groups excluding tert-OH is 1. The molecule has 0 amide bonds. The quantitative estimate of drug-likeness (QED) is 0.500. The summed E-state index contributed by atoms with van der Waals surface area (Å²) >= 11 is 0. The molecule has 2 aromatic rings. The Morgan fingerprint density at radius 3 is 2.69 bits per heavy atom. The van der Waals surface area contributed by atoms with Crippen LogP contribution in [0.3, 0.4) is 0 Å². The van der Waals surface area contributed by atoms with E-state index >= 15 is 0 Å². The molecule has 10 heteroatoms. The van der Waals surface area contributed by atoms with Crippen LogP contribution in [-0.2, 0) is 25.4 Å². The highest BCUT2D eigenvalue weighted by Crippen LogP contribution is 2.42. The number of carbonyl (C=O) groups is 3. The second kappa shape index (κ2) is 9.30. The average Bonchev–Trinajstić information content (AvgIpc) is 3.35. The number of carbonyl (C=O) groups excluding carboxylic acids is 3. The summed E-state index contributed by atoms with van der Waals surface area (Å²) < 4.78 is 17.6. The van der Waals surface area contributed by atoms with Crippen LogP contribution in [0.4, 0.5) is 0 Å². The van der Waals surface area contributed by atoms with Crippen molar-refractivity contribution >= 4 is 17.7 Å². The summed E-state index contributed by atoms with van der Waals surface area (Å²) in [5.74, 6) is -1.83. The van der Waals surface area contributed by atoms with Crippen LogP contribution in [0.2, 0.25) is 0 Å². The van der Waals surface area contributed by atoms with E-state index in [1.807, 2.05) is 6.07 Å². The number of methoxy groups -OCH3 is 1. The molecule has 32 heavy (non-hydrogen) atoms. The van der Waals surface area contributed by atoms with Crippen molar-refractivity contribution in [2.75, 3.05) is 13.7 Å². The minimum atomic E-state index is -1.70. The minimum absolute atomic E-state index is 0.0917. The van der Waals surface area contributed by atoms with Crippen LogP contribution in [0.5, 0.6) is 0 Å². The van der Waals surface area contributed by atoms with Crippen molar-refractivity contribution in [2.24, 2.45) is 0 Å². The Hall–Kier alpha value is -3.55. The zero-order chi connectivity index (χ0) is 23.5. The van der Waals surface area contributed by atoms with Gasteiger partial charge in [0.1, 0.15) is 0 Å². The Bertz CT molecular complexity index is 1090. The highest BCUT2D eigenvalue weighted by atomic mass is 16.6. The van der Waals surface area contributed by atoms with Crippen LogP contribution in [0.1, 0.15) is 51.7 Å². The molecule has 1 N–H and O–H groups in total. The lowest BCUT2D eigenvalue weighted by Crippen LogP contribution is -2.43. The van der Waals surface area contributed by atoms with Crippen LogP contribution in [0, 0.1) is 18.3 Å². The molecule has 1 fully saturated rings. The predicted octanol–water partition coefficient (Wildman–Crippen LogP) is 1.51. The fourth-order valence-electron chi connectivity index (χ4n) is 3.85.